The first-order valence-corrected chi connectivity index (χ1v) is 7.83. The van der Waals surface area contributed by atoms with Crippen molar-refractivity contribution in [3.63, 3.8) is 0 Å². The average molecular weight is 333 g/mol. The van der Waals surface area contributed by atoms with Crippen LogP contribution in [0.2, 0.25) is 0 Å². The lowest BCUT2D eigenvalue weighted by Crippen LogP contribution is -2.29. The molecular formula is C17H16FNO3S. The van der Waals surface area contributed by atoms with E-state index < -0.39 is 23.8 Å². The van der Waals surface area contributed by atoms with E-state index in [2.05, 4.69) is 5.32 Å². The van der Waals surface area contributed by atoms with Gasteiger partial charge in [0.1, 0.15) is 5.82 Å². The summed E-state index contributed by atoms with van der Waals surface area (Å²) in [7, 11) is 0. The van der Waals surface area contributed by atoms with Gasteiger partial charge in [0.05, 0.1) is 0 Å². The average Bonchev–Trinajstić information content (AvgIpc) is 3.02. The molecule has 1 N–H and O–H groups in total. The summed E-state index contributed by atoms with van der Waals surface area (Å²) >= 11 is 1.48. The maximum absolute atomic E-state index is 13.4. The van der Waals surface area contributed by atoms with Crippen molar-refractivity contribution in [1.29, 1.82) is 0 Å². The van der Waals surface area contributed by atoms with Crippen LogP contribution < -0.4 is 5.32 Å². The van der Waals surface area contributed by atoms with Crippen LogP contribution in [0.5, 0.6) is 0 Å². The highest BCUT2D eigenvalue weighted by atomic mass is 32.1. The number of hydrogen-bond donors (Lipinski definition) is 1. The predicted octanol–water partition coefficient (Wildman–Crippen LogP) is 3.78. The van der Waals surface area contributed by atoms with Crippen molar-refractivity contribution in [3.8, 4) is 0 Å². The van der Waals surface area contributed by atoms with E-state index in [4.69, 9.17) is 4.74 Å². The summed E-state index contributed by atoms with van der Waals surface area (Å²) in [5.41, 5.74) is 0.802. The second kappa shape index (κ2) is 7.69. The monoisotopic (exact) mass is 333 g/mol. The quantitative estimate of drug-likeness (QED) is 0.669. The second-order valence-corrected chi connectivity index (χ2v) is 5.86. The summed E-state index contributed by atoms with van der Waals surface area (Å²) in [4.78, 5) is 24.5. The van der Waals surface area contributed by atoms with Crippen LogP contribution in [0, 0.1) is 12.7 Å². The van der Waals surface area contributed by atoms with E-state index in [-0.39, 0.29) is 0 Å². The van der Waals surface area contributed by atoms with Crippen LogP contribution in [-0.2, 0) is 14.3 Å². The van der Waals surface area contributed by atoms with Gasteiger partial charge in [0.2, 0.25) is 0 Å². The SMILES string of the molecule is Cc1ccc(NC(=O)[C@@H](C)OC(=O)/C=C/c2cccs2)cc1F. The van der Waals surface area contributed by atoms with E-state index >= 15 is 0 Å². The minimum Gasteiger partial charge on any atom is -0.449 e. The molecule has 1 atom stereocenters. The van der Waals surface area contributed by atoms with E-state index in [0.717, 1.165) is 4.88 Å². The third-order valence-corrected chi connectivity index (χ3v) is 3.87. The van der Waals surface area contributed by atoms with Gasteiger partial charge in [0.25, 0.3) is 5.91 Å². The van der Waals surface area contributed by atoms with Crippen LogP contribution >= 0.6 is 11.3 Å². The first-order valence-electron chi connectivity index (χ1n) is 6.95. The molecule has 0 aliphatic carbocycles. The normalized spacial score (nSPS) is 12.1. The lowest BCUT2D eigenvalue weighted by molar-refractivity contribution is -0.148. The summed E-state index contributed by atoms with van der Waals surface area (Å²) in [5, 5.41) is 4.40. The Labute approximate surface area is 137 Å². The van der Waals surface area contributed by atoms with Gasteiger partial charge in [-0.3, -0.25) is 4.79 Å². The highest BCUT2D eigenvalue weighted by Crippen LogP contribution is 2.14. The maximum Gasteiger partial charge on any atom is 0.331 e. The Bertz CT molecular complexity index is 725. The minimum atomic E-state index is -0.986. The number of aryl methyl sites for hydroxylation is 1. The van der Waals surface area contributed by atoms with Gasteiger partial charge >= 0.3 is 5.97 Å². The third kappa shape index (κ3) is 5.03. The number of carbonyl (C=O) groups is 2. The zero-order chi connectivity index (χ0) is 16.8. The summed E-state index contributed by atoms with van der Waals surface area (Å²) in [6.07, 6.45) is 1.90. The molecule has 0 spiro atoms. The van der Waals surface area contributed by atoms with Crippen LogP contribution in [0.25, 0.3) is 6.08 Å². The van der Waals surface area contributed by atoms with Gasteiger partial charge in [-0.2, -0.15) is 0 Å². The predicted molar refractivity (Wildman–Crippen MR) is 88.7 cm³/mol. The van der Waals surface area contributed by atoms with E-state index in [1.54, 1.807) is 25.1 Å². The Kier molecular flexibility index (Phi) is 5.65. The Morgan fingerprint density at radius 1 is 1.35 bits per heavy atom. The van der Waals surface area contributed by atoms with Crippen molar-refractivity contribution in [2.45, 2.75) is 20.0 Å². The molecule has 0 unspecified atom stereocenters. The van der Waals surface area contributed by atoms with Crippen molar-refractivity contribution in [3.05, 3.63) is 58.0 Å². The molecule has 1 amide bonds. The molecule has 0 radical (unpaired) electrons. The Hall–Kier alpha value is -2.47. The molecule has 0 bridgehead atoms. The van der Waals surface area contributed by atoms with Gasteiger partial charge in [-0.05, 0) is 49.1 Å². The van der Waals surface area contributed by atoms with Crippen LogP contribution in [0.3, 0.4) is 0 Å². The minimum absolute atomic E-state index is 0.315. The number of ether oxygens (including phenoxy) is 1. The number of benzene rings is 1. The fraction of sp³-hybridized carbons (Fsp3) is 0.176. The molecule has 23 heavy (non-hydrogen) atoms. The Morgan fingerprint density at radius 2 is 2.13 bits per heavy atom. The number of amides is 1. The van der Waals surface area contributed by atoms with Gasteiger partial charge in [-0.15, -0.1) is 11.3 Å². The Morgan fingerprint density at radius 3 is 2.78 bits per heavy atom. The second-order valence-electron chi connectivity index (χ2n) is 4.88. The van der Waals surface area contributed by atoms with E-state index in [0.29, 0.717) is 11.3 Å². The molecule has 120 valence electrons. The molecule has 0 fully saturated rings. The Balaban J connectivity index is 1.89. The molecule has 1 aromatic heterocycles. The van der Waals surface area contributed by atoms with Crippen LogP contribution in [0.1, 0.15) is 17.4 Å². The fourth-order valence-corrected chi connectivity index (χ4v) is 2.34. The van der Waals surface area contributed by atoms with Crippen LogP contribution in [-0.4, -0.2) is 18.0 Å². The first kappa shape index (κ1) is 16.9. The highest BCUT2D eigenvalue weighted by molar-refractivity contribution is 7.10. The van der Waals surface area contributed by atoms with Crippen molar-refractivity contribution < 1.29 is 18.7 Å². The molecule has 4 nitrogen and oxygen atoms in total. The number of thiophene rings is 1. The smallest absolute Gasteiger partial charge is 0.331 e. The molecule has 1 heterocycles. The summed E-state index contributed by atoms with van der Waals surface area (Å²) in [5.74, 6) is -1.55. The molecule has 0 aliphatic rings. The summed E-state index contributed by atoms with van der Waals surface area (Å²) in [6.45, 7) is 3.09. The van der Waals surface area contributed by atoms with Crippen molar-refractivity contribution >= 4 is 35.0 Å². The molecule has 1 aromatic carbocycles. The number of rotatable bonds is 5. The topological polar surface area (TPSA) is 55.4 Å². The van der Waals surface area contributed by atoms with Crippen molar-refractivity contribution in [2.24, 2.45) is 0 Å². The van der Waals surface area contributed by atoms with Gasteiger partial charge in [0.15, 0.2) is 6.10 Å². The molecule has 0 saturated carbocycles. The number of anilines is 1. The van der Waals surface area contributed by atoms with Gasteiger partial charge in [0, 0.05) is 16.6 Å². The number of halogens is 1. The van der Waals surface area contributed by atoms with Gasteiger partial charge < -0.3 is 10.1 Å². The standard InChI is InChI=1S/C17H16FNO3S/c1-11-5-6-13(10-15(11)18)19-17(21)12(2)22-16(20)8-7-14-4-3-9-23-14/h3-10,12H,1-2H3,(H,19,21)/b8-7+/t12-/m1/s1. The van der Waals surface area contributed by atoms with E-state index in [1.807, 2.05) is 17.5 Å². The molecular weight excluding hydrogens is 317 g/mol. The molecule has 2 aromatic rings. The number of hydrogen-bond acceptors (Lipinski definition) is 4. The molecule has 2 rings (SSSR count). The summed E-state index contributed by atoms with van der Waals surface area (Å²) < 4.78 is 18.4. The number of nitrogens with one attached hydrogen (secondary N) is 1. The summed E-state index contributed by atoms with van der Waals surface area (Å²) in [6, 6.07) is 8.09. The number of carbonyl (C=O) groups excluding carboxylic acids is 2. The number of esters is 1. The van der Waals surface area contributed by atoms with E-state index in [1.165, 1.54) is 30.4 Å². The molecule has 6 heteroatoms. The zero-order valence-corrected chi connectivity index (χ0v) is 13.5. The highest BCUT2D eigenvalue weighted by Gasteiger charge is 2.17. The maximum atomic E-state index is 13.4. The lowest BCUT2D eigenvalue weighted by Gasteiger charge is -2.12. The van der Waals surface area contributed by atoms with Gasteiger partial charge in [-0.1, -0.05) is 12.1 Å². The van der Waals surface area contributed by atoms with Crippen LogP contribution in [0.15, 0.2) is 41.8 Å². The third-order valence-electron chi connectivity index (χ3n) is 3.03. The zero-order valence-electron chi connectivity index (χ0n) is 12.7. The van der Waals surface area contributed by atoms with Crippen molar-refractivity contribution in [2.75, 3.05) is 5.32 Å². The van der Waals surface area contributed by atoms with Crippen LogP contribution in [0.4, 0.5) is 10.1 Å². The largest absolute Gasteiger partial charge is 0.449 e. The fourth-order valence-electron chi connectivity index (χ4n) is 1.72. The van der Waals surface area contributed by atoms with E-state index in [9.17, 15) is 14.0 Å². The lowest BCUT2D eigenvalue weighted by atomic mass is 10.2. The molecule has 0 saturated heterocycles. The van der Waals surface area contributed by atoms with Gasteiger partial charge in [-0.25, -0.2) is 9.18 Å². The molecule has 0 aliphatic heterocycles. The first-order chi connectivity index (χ1) is 11.0. The van der Waals surface area contributed by atoms with Crippen molar-refractivity contribution in [1.82, 2.24) is 0 Å².